The van der Waals surface area contributed by atoms with Crippen LogP contribution in [-0.4, -0.2) is 51.8 Å². The Morgan fingerprint density at radius 2 is 1.71 bits per heavy atom. The second-order valence-corrected chi connectivity index (χ2v) is 8.61. The molecule has 0 heterocycles. The fourth-order valence-corrected chi connectivity index (χ4v) is 3.13. The van der Waals surface area contributed by atoms with Gasteiger partial charge in [0.2, 0.25) is 0 Å². The summed E-state index contributed by atoms with van der Waals surface area (Å²) in [7, 11) is -3.56. The van der Waals surface area contributed by atoms with Crippen molar-refractivity contribution in [3.05, 3.63) is 52.6 Å². The van der Waals surface area contributed by atoms with Crippen molar-refractivity contribution in [3.63, 3.8) is 0 Å². The number of nitrogens with zero attached hydrogens (tertiary/aromatic N) is 1. The minimum Gasteiger partial charge on any atom is -0.494 e. The van der Waals surface area contributed by atoms with Crippen LogP contribution < -0.4 is 20.1 Å². The van der Waals surface area contributed by atoms with E-state index in [4.69, 9.17) is 9.47 Å². The summed E-state index contributed by atoms with van der Waals surface area (Å²) in [5, 5.41) is 16.7. The van der Waals surface area contributed by atoms with E-state index in [1.807, 2.05) is 6.92 Å². The van der Waals surface area contributed by atoms with Gasteiger partial charge in [-0.3, -0.25) is 14.9 Å². The minimum absolute atomic E-state index is 0.139. The SMILES string of the molecule is CCCOc1ccc(OCC(=O)NCCNc2ccc(S(C)(=O)=O)cc2[N+](=O)[O-])cc1. The molecule has 1 amide bonds. The Morgan fingerprint density at radius 1 is 1.06 bits per heavy atom. The van der Waals surface area contributed by atoms with E-state index in [9.17, 15) is 23.3 Å². The highest BCUT2D eigenvalue weighted by molar-refractivity contribution is 7.90. The summed E-state index contributed by atoms with van der Waals surface area (Å²) >= 11 is 0. The molecule has 0 saturated heterocycles. The second kappa shape index (κ2) is 11.2. The van der Waals surface area contributed by atoms with Crippen molar-refractivity contribution in [2.24, 2.45) is 0 Å². The fourth-order valence-electron chi connectivity index (χ4n) is 2.49. The molecule has 2 aromatic carbocycles. The monoisotopic (exact) mass is 451 g/mol. The Hall–Kier alpha value is -3.34. The molecule has 2 N–H and O–H groups in total. The van der Waals surface area contributed by atoms with E-state index in [1.165, 1.54) is 12.1 Å². The lowest BCUT2D eigenvalue weighted by Crippen LogP contribution is -2.32. The van der Waals surface area contributed by atoms with E-state index >= 15 is 0 Å². The second-order valence-electron chi connectivity index (χ2n) is 6.59. The molecule has 0 aliphatic rings. The Balaban J connectivity index is 1.78. The zero-order chi connectivity index (χ0) is 22.9. The van der Waals surface area contributed by atoms with Crippen molar-refractivity contribution in [1.82, 2.24) is 5.32 Å². The van der Waals surface area contributed by atoms with Gasteiger partial charge in [0.1, 0.15) is 17.2 Å². The minimum atomic E-state index is -3.56. The van der Waals surface area contributed by atoms with Crippen molar-refractivity contribution < 1.29 is 27.6 Å². The van der Waals surface area contributed by atoms with Gasteiger partial charge >= 0.3 is 0 Å². The molecule has 168 valence electrons. The molecule has 11 heteroatoms. The number of hydrogen-bond donors (Lipinski definition) is 2. The number of benzene rings is 2. The number of carbonyl (C=O) groups excluding carboxylic acids is 1. The molecule has 0 aliphatic heterocycles. The van der Waals surface area contributed by atoms with Crippen molar-refractivity contribution in [3.8, 4) is 11.5 Å². The van der Waals surface area contributed by atoms with Crippen LogP contribution in [0.25, 0.3) is 0 Å². The first-order valence-electron chi connectivity index (χ1n) is 9.55. The highest BCUT2D eigenvalue weighted by Crippen LogP contribution is 2.27. The number of nitro groups is 1. The summed E-state index contributed by atoms with van der Waals surface area (Å²) in [5.74, 6) is 0.900. The van der Waals surface area contributed by atoms with Crippen molar-refractivity contribution >= 4 is 27.1 Å². The van der Waals surface area contributed by atoms with E-state index in [0.29, 0.717) is 12.4 Å². The molecule has 10 nitrogen and oxygen atoms in total. The van der Waals surface area contributed by atoms with Gasteiger partial charge in [0, 0.05) is 25.4 Å². The first-order valence-corrected chi connectivity index (χ1v) is 11.4. The van der Waals surface area contributed by atoms with Crippen LogP contribution in [0.1, 0.15) is 13.3 Å². The topological polar surface area (TPSA) is 137 Å². The van der Waals surface area contributed by atoms with E-state index in [1.54, 1.807) is 24.3 Å². The molecular formula is C20H25N3O7S. The lowest BCUT2D eigenvalue weighted by molar-refractivity contribution is -0.384. The molecule has 2 rings (SSSR count). The summed E-state index contributed by atoms with van der Waals surface area (Å²) in [5.41, 5.74) is -0.197. The maximum atomic E-state index is 11.9. The number of anilines is 1. The van der Waals surface area contributed by atoms with Crippen LogP contribution in [0.3, 0.4) is 0 Å². The highest BCUT2D eigenvalue weighted by atomic mass is 32.2. The van der Waals surface area contributed by atoms with Crippen molar-refractivity contribution in [2.75, 3.05) is 37.9 Å². The third-order valence-corrected chi connectivity index (χ3v) is 5.13. The standard InChI is InChI=1S/C20H25N3O7S/c1-3-12-29-15-4-6-16(7-5-15)30-14-20(24)22-11-10-21-18-9-8-17(31(2,27)28)13-19(18)23(25)26/h4-9,13,21H,3,10-12,14H2,1-2H3,(H,22,24). The Kier molecular flexibility index (Phi) is 8.62. The smallest absolute Gasteiger partial charge is 0.293 e. The summed E-state index contributed by atoms with van der Waals surface area (Å²) < 4.78 is 34.0. The normalized spacial score (nSPS) is 10.9. The predicted molar refractivity (Wildman–Crippen MR) is 115 cm³/mol. The number of rotatable bonds is 12. The van der Waals surface area contributed by atoms with Crippen LogP contribution in [0.15, 0.2) is 47.4 Å². The molecule has 0 spiro atoms. The van der Waals surface area contributed by atoms with Gasteiger partial charge in [0.15, 0.2) is 16.4 Å². The molecule has 0 radical (unpaired) electrons. The van der Waals surface area contributed by atoms with Crippen LogP contribution >= 0.6 is 0 Å². The van der Waals surface area contributed by atoms with Gasteiger partial charge in [0.05, 0.1) is 16.4 Å². The molecule has 0 unspecified atom stereocenters. The summed E-state index contributed by atoms with van der Waals surface area (Å²) in [6.07, 6.45) is 1.89. The molecule has 0 aromatic heterocycles. The van der Waals surface area contributed by atoms with E-state index in [-0.39, 0.29) is 41.9 Å². The average Bonchev–Trinajstić information content (AvgIpc) is 2.73. The number of nitrogens with one attached hydrogen (secondary N) is 2. The lowest BCUT2D eigenvalue weighted by atomic mass is 10.2. The number of amides is 1. The first-order chi connectivity index (χ1) is 14.7. The first kappa shape index (κ1) is 23.9. The average molecular weight is 452 g/mol. The van der Waals surface area contributed by atoms with Gasteiger partial charge in [-0.15, -0.1) is 0 Å². The number of nitro benzene ring substituents is 1. The maximum Gasteiger partial charge on any atom is 0.293 e. The van der Waals surface area contributed by atoms with Crippen molar-refractivity contribution in [2.45, 2.75) is 18.2 Å². The predicted octanol–water partition coefficient (Wildman–Crippen LogP) is 2.39. The Bertz CT molecular complexity index is 1010. The zero-order valence-corrected chi connectivity index (χ0v) is 18.1. The van der Waals surface area contributed by atoms with Crippen LogP contribution in [0.4, 0.5) is 11.4 Å². The van der Waals surface area contributed by atoms with Gasteiger partial charge in [-0.05, 0) is 42.8 Å². The number of ether oxygens (including phenoxy) is 2. The number of sulfone groups is 1. The zero-order valence-electron chi connectivity index (χ0n) is 17.3. The van der Waals surface area contributed by atoms with Crippen LogP contribution in [0.2, 0.25) is 0 Å². The third-order valence-electron chi connectivity index (χ3n) is 4.02. The highest BCUT2D eigenvalue weighted by Gasteiger charge is 2.18. The van der Waals surface area contributed by atoms with E-state index < -0.39 is 14.8 Å². The Morgan fingerprint density at radius 3 is 2.29 bits per heavy atom. The van der Waals surface area contributed by atoms with Gasteiger partial charge in [-0.1, -0.05) is 6.92 Å². The van der Waals surface area contributed by atoms with Crippen LogP contribution in [-0.2, 0) is 14.6 Å². The molecule has 2 aromatic rings. The quantitative estimate of drug-likeness (QED) is 0.285. The summed E-state index contributed by atoms with van der Waals surface area (Å²) in [6.45, 7) is 2.85. The fraction of sp³-hybridized carbons (Fsp3) is 0.350. The molecule has 0 bridgehead atoms. The van der Waals surface area contributed by atoms with Crippen LogP contribution in [0, 0.1) is 10.1 Å². The number of hydrogen-bond acceptors (Lipinski definition) is 8. The number of carbonyl (C=O) groups is 1. The van der Waals surface area contributed by atoms with Crippen LogP contribution in [0.5, 0.6) is 11.5 Å². The molecular weight excluding hydrogens is 426 g/mol. The van der Waals surface area contributed by atoms with E-state index in [0.717, 1.165) is 24.5 Å². The van der Waals surface area contributed by atoms with Gasteiger partial charge in [0.25, 0.3) is 11.6 Å². The lowest BCUT2D eigenvalue weighted by Gasteiger charge is -2.10. The summed E-state index contributed by atoms with van der Waals surface area (Å²) in [6, 6.07) is 10.5. The van der Waals surface area contributed by atoms with E-state index in [2.05, 4.69) is 10.6 Å². The third kappa shape index (κ3) is 7.78. The molecule has 0 fully saturated rings. The summed E-state index contributed by atoms with van der Waals surface area (Å²) in [4.78, 5) is 22.3. The molecule has 0 aliphatic carbocycles. The molecule has 0 saturated carbocycles. The maximum absolute atomic E-state index is 11.9. The molecule has 0 atom stereocenters. The van der Waals surface area contributed by atoms with Crippen molar-refractivity contribution in [1.29, 1.82) is 0 Å². The van der Waals surface area contributed by atoms with Gasteiger partial charge in [-0.25, -0.2) is 8.42 Å². The largest absolute Gasteiger partial charge is 0.494 e. The van der Waals surface area contributed by atoms with Gasteiger partial charge in [-0.2, -0.15) is 0 Å². The molecule has 31 heavy (non-hydrogen) atoms. The Labute approximate surface area is 180 Å². The van der Waals surface area contributed by atoms with Gasteiger partial charge < -0.3 is 20.1 Å².